The van der Waals surface area contributed by atoms with Gasteiger partial charge in [0.1, 0.15) is 5.60 Å². The number of hydrogen-bond donors (Lipinski definition) is 1. The van der Waals surface area contributed by atoms with Crippen LogP contribution < -0.4 is 0 Å². The van der Waals surface area contributed by atoms with Crippen molar-refractivity contribution in [2.75, 3.05) is 6.54 Å². The molecule has 1 fully saturated rings. The van der Waals surface area contributed by atoms with E-state index in [0.29, 0.717) is 19.4 Å². The van der Waals surface area contributed by atoms with Crippen molar-refractivity contribution in [3.8, 4) is 11.3 Å². The van der Waals surface area contributed by atoms with E-state index in [-0.39, 0.29) is 12.1 Å². The predicted octanol–water partition coefficient (Wildman–Crippen LogP) is 5.77. The minimum atomic E-state index is -0.963. The van der Waals surface area contributed by atoms with Crippen LogP contribution in [0, 0.1) is 0 Å². The standard InChI is InChI=1S/C25H28N2O3S/c1-18(19-9-11-20(12-10-19)22-15-31-17-26-22)27-14-13-25(30-23(27)28,16-24(2,3)29)21-7-5-4-6-8-21/h4-12,15,17-18,29H,13-14,16H2,1-3H3/t18-,25-/m0/s1. The highest BCUT2D eigenvalue weighted by atomic mass is 32.1. The van der Waals surface area contributed by atoms with E-state index in [9.17, 15) is 9.90 Å². The number of aromatic nitrogens is 1. The molecule has 0 unspecified atom stereocenters. The monoisotopic (exact) mass is 436 g/mol. The Morgan fingerprint density at radius 1 is 1.19 bits per heavy atom. The molecular weight excluding hydrogens is 408 g/mol. The van der Waals surface area contributed by atoms with Crippen molar-refractivity contribution in [2.24, 2.45) is 0 Å². The number of hydrogen-bond acceptors (Lipinski definition) is 5. The van der Waals surface area contributed by atoms with E-state index in [1.54, 1.807) is 30.1 Å². The van der Waals surface area contributed by atoms with Crippen molar-refractivity contribution in [3.05, 3.63) is 76.6 Å². The van der Waals surface area contributed by atoms with Crippen LogP contribution in [-0.2, 0) is 10.3 Å². The third-order valence-electron chi connectivity index (χ3n) is 5.88. The predicted molar refractivity (Wildman–Crippen MR) is 123 cm³/mol. The zero-order chi connectivity index (χ0) is 22.1. The molecule has 162 valence electrons. The van der Waals surface area contributed by atoms with Crippen LogP contribution in [0.15, 0.2) is 65.5 Å². The highest BCUT2D eigenvalue weighted by Gasteiger charge is 2.46. The second kappa shape index (κ2) is 8.44. The molecule has 1 aromatic heterocycles. The summed E-state index contributed by atoms with van der Waals surface area (Å²) in [5.41, 5.74) is 4.02. The van der Waals surface area contributed by atoms with Crippen molar-refractivity contribution in [1.29, 1.82) is 0 Å². The summed E-state index contributed by atoms with van der Waals surface area (Å²) in [5, 5.41) is 12.6. The van der Waals surface area contributed by atoms with Crippen LogP contribution in [0.25, 0.3) is 11.3 Å². The van der Waals surface area contributed by atoms with Crippen molar-refractivity contribution in [3.63, 3.8) is 0 Å². The summed E-state index contributed by atoms with van der Waals surface area (Å²) in [5.74, 6) is 0. The molecule has 1 aliphatic heterocycles. The summed E-state index contributed by atoms with van der Waals surface area (Å²) in [6.45, 7) is 6.08. The van der Waals surface area contributed by atoms with Gasteiger partial charge in [-0.3, -0.25) is 0 Å². The maximum atomic E-state index is 13.2. The summed E-state index contributed by atoms with van der Waals surface area (Å²) in [7, 11) is 0. The molecule has 2 aromatic carbocycles. The lowest BCUT2D eigenvalue weighted by molar-refractivity contribution is -0.101. The van der Waals surface area contributed by atoms with E-state index >= 15 is 0 Å². The van der Waals surface area contributed by atoms with Crippen LogP contribution in [-0.4, -0.2) is 33.2 Å². The molecule has 1 amide bonds. The molecule has 0 bridgehead atoms. The fourth-order valence-corrected chi connectivity index (χ4v) is 4.92. The van der Waals surface area contributed by atoms with Gasteiger partial charge in [0.2, 0.25) is 0 Å². The van der Waals surface area contributed by atoms with Gasteiger partial charge in [0, 0.05) is 30.3 Å². The summed E-state index contributed by atoms with van der Waals surface area (Å²) >= 11 is 1.57. The van der Waals surface area contributed by atoms with Crippen LogP contribution in [0.1, 0.15) is 50.8 Å². The largest absolute Gasteiger partial charge is 0.438 e. The van der Waals surface area contributed by atoms with Gasteiger partial charge in [-0.05, 0) is 31.9 Å². The van der Waals surface area contributed by atoms with E-state index in [2.05, 4.69) is 4.98 Å². The molecule has 1 saturated heterocycles. The van der Waals surface area contributed by atoms with Gasteiger partial charge in [0.05, 0.1) is 22.8 Å². The number of carbonyl (C=O) groups excluding carboxylic acids is 1. The number of benzene rings is 2. The van der Waals surface area contributed by atoms with Gasteiger partial charge in [-0.25, -0.2) is 9.78 Å². The van der Waals surface area contributed by atoms with E-state index in [4.69, 9.17) is 4.74 Å². The second-order valence-electron chi connectivity index (χ2n) is 8.83. The summed E-state index contributed by atoms with van der Waals surface area (Å²) in [4.78, 5) is 19.3. The molecule has 4 rings (SSSR count). The Bertz CT molecular complexity index is 1010. The maximum Gasteiger partial charge on any atom is 0.411 e. The van der Waals surface area contributed by atoms with Gasteiger partial charge >= 0.3 is 6.09 Å². The number of carbonyl (C=O) groups is 1. The Morgan fingerprint density at radius 2 is 1.90 bits per heavy atom. The van der Waals surface area contributed by atoms with Crippen LogP contribution >= 0.6 is 11.3 Å². The zero-order valence-electron chi connectivity index (χ0n) is 18.1. The lowest BCUT2D eigenvalue weighted by atomic mass is 9.80. The fourth-order valence-electron chi connectivity index (χ4n) is 4.36. The number of amides is 1. The van der Waals surface area contributed by atoms with Crippen LogP contribution in [0.3, 0.4) is 0 Å². The minimum Gasteiger partial charge on any atom is -0.438 e. The quantitative estimate of drug-likeness (QED) is 0.533. The minimum absolute atomic E-state index is 0.118. The van der Waals surface area contributed by atoms with Gasteiger partial charge in [-0.15, -0.1) is 11.3 Å². The first-order valence-electron chi connectivity index (χ1n) is 10.5. The molecule has 0 spiro atoms. The first-order valence-corrected chi connectivity index (χ1v) is 11.5. The molecule has 0 aliphatic carbocycles. The Labute approximate surface area is 187 Å². The van der Waals surface area contributed by atoms with Gasteiger partial charge in [0.25, 0.3) is 0 Å². The number of aliphatic hydroxyl groups is 1. The average Bonchev–Trinajstić information content (AvgIpc) is 3.28. The van der Waals surface area contributed by atoms with Crippen LogP contribution in [0.5, 0.6) is 0 Å². The second-order valence-corrected chi connectivity index (χ2v) is 9.55. The normalized spacial score (nSPS) is 20.4. The van der Waals surface area contributed by atoms with Gasteiger partial charge in [-0.1, -0.05) is 54.6 Å². The average molecular weight is 437 g/mol. The molecule has 1 aliphatic rings. The highest BCUT2D eigenvalue weighted by molar-refractivity contribution is 7.07. The van der Waals surface area contributed by atoms with Gasteiger partial charge in [-0.2, -0.15) is 0 Å². The maximum absolute atomic E-state index is 13.2. The Hall–Kier alpha value is -2.70. The third-order valence-corrected chi connectivity index (χ3v) is 6.47. The number of cyclic esters (lactones) is 1. The molecule has 3 aromatic rings. The lowest BCUT2D eigenvalue weighted by Gasteiger charge is -2.45. The van der Waals surface area contributed by atoms with Crippen LogP contribution in [0.2, 0.25) is 0 Å². The van der Waals surface area contributed by atoms with E-state index in [1.165, 1.54) is 0 Å². The molecular formula is C25H28N2O3S. The van der Waals surface area contributed by atoms with E-state index in [1.807, 2.05) is 72.4 Å². The molecule has 1 N–H and O–H groups in total. The molecule has 2 heterocycles. The summed E-state index contributed by atoms with van der Waals surface area (Å²) < 4.78 is 6.09. The molecule has 31 heavy (non-hydrogen) atoms. The topological polar surface area (TPSA) is 62.7 Å². The van der Waals surface area contributed by atoms with Crippen molar-refractivity contribution >= 4 is 17.4 Å². The van der Waals surface area contributed by atoms with Crippen molar-refractivity contribution in [1.82, 2.24) is 9.88 Å². The lowest BCUT2D eigenvalue weighted by Crippen LogP contribution is -2.51. The summed E-state index contributed by atoms with van der Waals surface area (Å²) in [6, 6.07) is 17.8. The molecule has 0 radical (unpaired) electrons. The Balaban J connectivity index is 1.54. The molecule has 5 nitrogen and oxygen atoms in total. The fraction of sp³-hybridized carbons (Fsp3) is 0.360. The molecule has 2 atom stereocenters. The number of ether oxygens (including phenoxy) is 1. The first-order chi connectivity index (χ1) is 14.8. The van der Waals surface area contributed by atoms with Crippen molar-refractivity contribution < 1.29 is 14.6 Å². The summed E-state index contributed by atoms with van der Waals surface area (Å²) in [6.07, 6.45) is 0.615. The number of rotatable bonds is 6. The molecule has 0 saturated carbocycles. The van der Waals surface area contributed by atoms with Gasteiger partial charge in [0.15, 0.2) is 0 Å². The smallest absolute Gasteiger partial charge is 0.411 e. The zero-order valence-corrected chi connectivity index (χ0v) is 18.9. The Kier molecular flexibility index (Phi) is 5.86. The third kappa shape index (κ3) is 4.65. The highest BCUT2D eigenvalue weighted by Crippen LogP contribution is 2.42. The van der Waals surface area contributed by atoms with Crippen LogP contribution in [0.4, 0.5) is 4.79 Å². The SMILES string of the molecule is C[C@@H](c1ccc(-c2cscn2)cc1)N1CC[C@](CC(C)(C)O)(c2ccccc2)OC1=O. The number of nitrogens with zero attached hydrogens (tertiary/aromatic N) is 2. The van der Waals surface area contributed by atoms with Crippen molar-refractivity contribution in [2.45, 2.75) is 50.9 Å². The Morgan fingerprint density at radius 3 is 2.48 bits per heavy atom. The van der Waals surface area contributed by atoms with E-state index < -0.39 is 11.2 Å². The van der Waals surface area contributed by atoms with E-state index in [0.717, 1.165) is 22.4 Å². The number of thiazole rings is 1. The molecule has 6 heteroatoms. The first kappa shape index (κ1) is 21.5. The van der Waals surface area contributed by atoms with Gasteiger partial charge < -0.3 is 14.7 Å².